The van der Waals surface area contributed by atoms with Gasteiger partial charge < -0.3 is 14.9 Å². The quantitative estimate of drug-likeness (QED) is 0.747. The molecule has 0 aromatic heterocycles. The molecule has 2 heterocycles. The molecule has 1 N–H and O–H groups in total. The third-order valence-corrected chi connectivity index (χ3v) is 4.19. The molecule has 2 rings (SSSR count). The highest BCUT2D eigenvalue weighted by Crippen LogP contribution is 2.15. The first kappa shape index (κ1) is 13.3. The van der Waals surface area contributed by atoms with Gasteiger partial charge in [0.05, 0.1) is 0 Å². The van der Waals surface area contributed by atoms with Gasteiger partial charge in [-0.2, -0.15) is 0 Å². The van der Waals surface area contributed by atoms with E-state index in [0.29, 0.717) is 12.5 Å². The number of hydrogen-bond acceptors (Lipinski definition) is 4. The molecule has 17 heavy (non-hydrogen) atoms. The highest BCUT2D eigenvalue weighted by atomic mass is 16.3. The molecule has 0 aliphatic carbocycles. The van der Waals surface area contributed by atoms with E-state index in [-0.39, 0.29) is 0 Å². The molecule has 0 aromatic carbocycles. The Kier molecular flexibility index (Phi) is 5.22. The molecular weight excluding hydrogens is 214 g/mol. The Bertz CT molecular complexity index is 217. The van der Waals surface area contributed by atoms with Crippen LogP contribution >= 0.6 is 0 Å². The Balaban J connectivity index is 1.64. The van der Waals surface area contributed by atoms with Gasteiger partial charge in [-0.1, -0.05) is 0 Å². The number of hydrogen-bond donors (Lipinski definition) is 1. The number of piperidine rings is 1. The van der Waals surface area contributed by atoms with Gasteiger partial charge in [-0.25, -0.2) is 0 Å². The largest absolute Gasteiger partial charge is 0.396 e. The third-order valence-electron chi connectivity index (χ3n) is 4.19. The fourth-order valence-corrected chi connectivity index (χ4v) is 2.86. The van der Waals surface area contributed by atoms with Crippen molar-refractivity contribution in [1.82, 2.24) is 14.7 Å². The van der Waals surface area contributed by atoms with Crippen LogP contribution in [0.15, 0.2) is 0 Å². The summed E-state index contributed by atoms with van der Waals surface area (Å²) in [5.74, 6) is 0.524. The molecule has 4 nitrogen and oxygen atoms in total. The van der Waals surface area contributed by atoms with E-state index in [2.05, 4.69) is 21.7 Å². The standard InChI is InChI=1S/C13H27N3O/c1-14-5-7-15(8-6-14)9-10-16-4-2-3-13(11-16)12-17/h13,17H,2-12H2,1H3. The molecule has 100 valence electrons. The van der Waals surface area contributed by atoms with Gasteiger partial charge in [-0.05, 0) is 32.4 Å². The van der Waals surface area contributed by atoms with Crippen molar-refractivity contribution in [2.45, 2.75) is 12.8 Å². The van der Waals surface area contributed by atoms with Gasteiger partial charge in [0.25, 0.3) is 0 Å². The molecule has 2 aliphatic heterocycles. The van der Waals surface area contributed by atoms with Crippen molar-refractivity contribution in [2.24, 2.45) is 5.92 Å². The smallest absolute Gasteiger partial charge is 0.0471 e. The van der Waals surface area contributed by atoms with Crippen LogP contribution in [0.25, 0.3) is 0 Å². The van der Waals surface area contributed by atoms with Crippen molar-refractivity contribution in [3.05, 3.63) is 0 Å². The van der Waals surface area contributed by atoms with Crippen LogP contribution in [-0.4, -0.2) is 85.8 Å². The van der Waals surface area contributed by atoms with Gasteiger partial charge in [-0.15, -0.1) is 0 Å². The zero-order valence-corrected chi connectivity index (χ0v) is 11.1. The molecule has 0 spiro atoms. The second-order valence-corrected chi connectivity index (χ2v) is 5.64. The third kappa shape index (κ3) is 4.21. The van der Waals surface area contributed by atoms with Gasteiger partial charge in [0, 0.05) is 52.4 Å². The molecule has 0 radical (unpaired) electrons. The van der Waals surface area contributed by atoms with E-state index in [0.717, 1.165) is 6.54 Å². The lowest BCUT2D eigenvalue weighted by molar-refractivity contribution is 0.0956. The highest BCUT2D eigenvalue weighted by Gasteiger charge is 2.20. The number of nitrogens with zero attached hydrogens (tertiary/aromatic N) is 3. The molecule has 4 heteroatoms. The average Bonchev–Trinajstić information content (AvgIpc) is 2.38. The second kappa shape index (κ2) is 6.69. The van der Waals surface area contributed by atoms with Crippen molar-refractivity contribution >= 4 is 0 Å². The lowest BCUT2D eigenvalue weighted by Crippen LogP contribution is -2.48. The first-order valence-corrected chi connectivity index (χ1v) is 7.02. The Morgan fingerprint density at radius 3 is 2.41 bits per heavy atom. The zero-order chi connectivity index (χ0) is 12.1. The predicted molar refractivity (Wildman–Crippen MR) is 70.2 cm³/mol. The molecular formula is C13H27N3O. The molecule has 2 fully saturated rings. The molecule has 1 unspecified atom stereocenters. The Morgan fingerprint density at radius 2 is 1.71 bits per heavy atom. The van der Waals surface area contributed by atoms with Crippen LogP contribution in [0.2, 0.25) is 0 Å². The van der Waals surface area contributed by atoms with E-state index < -0.39 is 0 Å². The van der Waals surface area contributed by atoms with Crippen molar-refractivity contribution in [1.29, 1.82) is 0 Å². The zero-order valence-electron chi connectivity index (χ0n) is 11.1. The fourth-order valence-electron chi connectivity index (χ4n) is 2.86. The van der Waals surface area contributed by atoms with Crippen LogP contribution in [0.5, 0.6) is 0 Å². The molecule has 1 atom stereocenters. The van der Waals surface area contributed by atoms with E-state index in [1.54, 1.807) is 0 Å². The van der Waals surface area contributed by atoms with Crippen molar-refractivity contribution in [2.75, 3.05) is 66.0 Å². The summed E-state index contributed by atoms with van der Waals surface area (Å²) in [7, 11) is 2.20. The summed E-state index contributed by atoms with van der Waals surface area (Å²) in [5, 5.41) is 9.21. The maximum absolute atomic E-state index is 9.21. The van der Waals surface area contributed by atoms with E-state index in [9.17, 15) is 5.11 Å². The number of piperazine rings is 1. The van der Waals surface area contributed by atoms with Gasteiger partial charge in [0.15, 0.2) is 0 Å². The van der Waals surface area contributed by atoms with Gasteiger partial charge >= 0.3 is 0 Å². The summed E-state index contributed by atoms with van der Waals surface area (Å²) in [6.07, 6.45) is 2.47. The first-order valence-electron chi connectivity index (χ1n) is 7.02. The lowest BCUT2D eigenvalue weighted by Gasteiger charge is -2.36. The summed E-state index contributed by atoms with van der Waals surface area (Å²) >= 11 is 0. The van der Waals surface area contributed by atoms with E-state index in [1.165, 1.54) is 58.7 Å². The topological polar surface area (TPSA) is 30.0 Å². The first-order chi connectivity index (χ1) is 8.28. The minimum absolute atomic E-state index is 0.366. The van der Waals surface area contributed by atoms with Crippen LogP contribution in [0.4, 0.5) is 0 Å². The van der Waals surface area contributed by atoms with E-state index >= 15 is 0 Å². The molecule has 2 aliphatic rings. The Labute approximate surface area is 105 Å². The summed E-state index contributed by atoms with van der Waals surface area (Å²) in [5.41, 5.74) is 0. The normalized spacial score (nSPS) is 29.6. The Hall–Kier alpha value is -0.160. The van der Waals surface area contributed by atoms with Crippen LogP contribution in [0.3, 0.4) is 0 Å². The summed E-state index contributed by atoms with van der Waals surface area (Å²) in [6, 6.07) is 0. The lowest BCUT2D eigenvalue weighted by atomic mass is 9.99. The fraction of sp³-hybridized carbons (Fsp3) is 1.00. The van der Waals surface area contributed by atoms with Gasteiger partial charge in [0.2, 0.25) is 0 Å². The number of aliphatic hydroxyl groups is 1. The van der Waals surface area contributed by atoms with Gasteiger partial charge in [0.1, 0.15) is 0 Å². The van der Waals surface area contributed by atoms with Crippen LogP contribution in [0, 0.1) is 5.92 Å². The minimum Gasteiger partial charge on any atom is -0.396 e. The summed E-state index contributed by atoms with van der Waals surface area (Å²) in [4.78, 5) is 7.50. The van der Waals surface area contributed by atoms with Gasteiger partial charge in [-0.3, -0.25) is 4.90 Å². The monoisotopic (exact) mass is 241 g/mol. The molecule has 0 aromatic rings. The summed E-state index contributed by atoms with van der Waals surface area (Å²) in [6.45, 7) is 9.92. The molecule has 0 amide bonds. The van der Waals surface area contributed by atoms with E-state index in [1.807, 2.05) is 0 Å². The Morgan fingerprint density at radius 1 is 1.00 bits per heavy atom. The second-order valence-electron chi connectivity index (χ2n) is 5.64. The maximum atomic E-state index is 9.21. The molecule has 0 bridgehead atoms. The molecule has 2 saturated heterocycles. The SMILES string of the molecule is CN1CCN(CCN2CCCC(CO)C2)CC1. The van der Waals surface area contributed by atoms with Crippen molar-refractivity contribution in [3.63, 3.8) is 0 Å². The number of likely N-dealkylation sites (N-methyl/N-ethyl adjacent to an activating group) is 1. The molecule has 0 saturated carbocycles. The number of likely N-dealkylation sites (tertiary alicyclic amines) is 1. The minimum atomic E-state index is 0.366. The van der Waals surface area contributed by atoms with Crippen molar-refractivity contribution < 1.29 is 5.11 Å². The average molecular weight is 241 g/mol. The maximum Gasteiger partial charge on any atom is 0.0471 e. The van der Waals surface area contributed by atoms with E-state index in [4.69, 9.17) is 0 Å². The van der Waals surface area contributed by atoms with Crippen LogP contribution in [-0.2, 0) is 0 Å². The highest BCUT2D eigenvalue weighted by molar-refractivity contribution is 4.75. The summed E-state index contributed by atoms with van der Waals surface area (Å²) < 4.78 is 0. The number of aliphatic hydroxyl groups excluding tert-OH is 1. The van der Waals surface area contributed by atoms with Crippen LogP contribution < -0.4 is 0 Å². The predicted octanol–water partition coefficient (Wildman–Crippen LogP) is -0.0619. The van der Waals surface area contributed by atoms with Crippen molar-refractivity contribution in [3.8, 4) is 0 Å². The van der Waals surface area contributed by atoms with Crippen LogP contribution in [0.1, 0.15) is 12.8 Å². The number of rotatable bonds is 4.